The van der Waals surface area contributed by atoms with Crippen molar-refractivity contribution < 1.29 is 19.0 Å². The largest absolute Gasteiger partial charge is 0.368 e. The number of para-hydroxylation sites is 1. The average Bonchev–Trinajstić information content (AvgIpc) is 3.26. The van der Waals surface area contributed by atoms with Gasteiger partial charge in [-0.3, -0.25) is 9.36 Å². The van der Waals surface area contributed by atoms with E-state index < -0.39 is 30.3 Å². The van der Waals surface area contributed by atoms with E-state index in [2.05, 4.69) is 79.6 Å². The Balaban J connectivity index is 1.09. The lowest BCUT2D eigenvalue weighted by Gasteiger charge is -2.24. The van der Waals surface area contributed by atoms with E-state index >= 15 is 0 Å². The molecule has 1 saturated carbocycles. The van der Waals surface area contributed by atoms with Crippen LogP contribution in [0.25, 0.3) is 22.1 Å². The van der Waals surface area contributed by atoms with Crippen molar-refractivity contribution in [3.05, 3.63) is 48.7 Å². The molecule has 4 aromatic rings. The number of anilines is 1. The molecular formula is C30H38N8O4. The van der Waals surface area contributed by atoms with Crippen LogP contribution in [0.3, 0.4) is 0 Å². The van der Waals surface area contributed by atoms with E-state index in [0.717, 1.165) is 32.4 Å². The van der Waals surface area contributed by atoms with Gasteiger partial charge in [0.2, 0.25) is 0 Å². The highest BCUT2D eigenvalue weighted by molar-refractivity contribution is 5.85. The van der Waals surface area contributed by atoms with Gasteiger partial charge < -0.3 is 34.3 Å². The maximum Gasteiger partial charge on any atom is 0.252 e. The number of carbonyl (C=O) groups is 1. The first-order chi connectivity index (χ1) is 20.3. The number of hydrogen-bond donors (Lipinski definition) is 2. The number of fused-ring (bicyclic) bond motifs is 3. The highest BCUT2D eigenvalue weighted by Crippen LogP contribution is 2.44. The summed E-state index contributed by atoms with van der Waals surface area (Å²) in [5.74, 6) is -0.347. The molecule has 0 bridgehead atoms. The molecule has 0 unspecified atom stereocenters. The van der Waals surface area contributed by atoms with Gasteiger partial charge in [0, 0.05) is 42.8 Å². The third-order valence-corrected chi connectivity index (χ3v) is 8.19. The second kappa shape index (κ2) is 10.6. The van der Waals surface area contributed by atoms with Crippen molar-refractivity contribution in [2.24, 2.45) is 0 Å². The van der Waals surface area contributed by atoms with Crippen LogP contribution in [0.1, 0.15) is 38.5 Å². The van der Waals surface area contributed by atoms with E-state index in [-0.39, 0.29) is 11.9 Å². The maximum absolute atomic E-state index is 13.0. The molecule has 0 radical (unpaired) electrons. The van der Waals surface area contributed by atoms with Crippen LogP contribution >= 0.6 is 0 Å². The van der Waals surface area contributed by atoms with E-state index in [1.165, 1.54) is 22.8 Å². The minimum Gasteiger partial charge on any atom is -0.368 e. The molecule has 2 saturated heterocycles. The fourth-order valence-corrected chi connectivity index (χ4v) is 6.02. The van der Waals surface area contributed by atoms with Crippen molar-refractivity contribution in [2.75, 3.05) is 32.5 Å². The van der Waals surface area contributed by atoms with Crippen LogP contribution in [0.4, 0.5) is 5.82 Å². The fraction of sp³-hybridized carbons (Fsp3) is 0.533. The van der Waals surface area contributed by atoms with Gasteiger partial charge in [0.1, 0.15) is 18.5 Å². The van der Waals surface area contributed by atoms with Gasteiger partial charge in [-0.1, -0.05) is 18.2 Å². The predicted molar refractivity (Wildman–Crippen MR) is 157 cm³/mol. The highest BCUT2D eigenvalue weighted by Gasteiger charge is 2.58. The normalized spacial score (nSPS) is 25.0. The average molecular weight is 575 g/mol. The van der Waals surface area contributed by atoms with Gasteiger partial charge in [0.25, 0.3) is 5.91 Å². The Morgan fingerprint density at radius 1 is 1.12 bits per heavy atom. The van der Waals surface area contributed by atoms with Crippen molar-refractivity contribution in [3.63, 3.8) is 0 Å². The van der Waals surface area contributed by atoms with Crippen molar-refractivity contribution in [2.45, 2.75) is 76.0 Å². The first kappa shape index (κ1) is 27.3. The predicted octanol–water partition coefficient (Wildman–Crippen LogP) is 2.69. The van der Waals surface area contributed by atoms with Gasteiger partial charge in [-0.05, 0) is 58.8 Å². The molecule has 0 spiro atoms. The number of nitrogens with zero attached hydrogens (tertiary/aromatic N) is 6. The molecule has 1 aromatic carbocycles. The zero-order valence-electron chi connectivity index (χ0n) is 24.5. The summed E-state index contributed by atoms with van der Waals surface area (Å²) >= 11 is 0. The van der Waals surface area contributed by atoms with Crippen LogP contribution in [-0.4, -0.2) is 92.2 Å². The number of imidazole rings is 1. The van der Waals surface area contributed by atoms with E-state index in [0.29, 0.717) is 23.5 Å². The van der Waals surface area contributed by atoms with E-state index in [4.69, 9.17) is 14.2 Å². The lowest BCUT2D eigenvalue weighted by atomic mass is 10.1. The first-order valence-electron chi connectivity index (χ1n) is 14.7. The number of carbonyl (C=O) groups excluding carboxylic acids is 1. The van der Waals surface area contributed by atoms with Crippen LogP contribution in [0.5, 0.6) is 0 Å². The molecule has 12 nitrogen and oxygen atoms in total. The molecular weight excluding hydrogens is 536 g/mol. The smallest absolute Gasteiger partial charge is 0.252 e. The molecule has 2 aliphatic heterocycles. The lowest BCUT2D eigenvalue weighted by molar-refractivity contribution is -0.197. The van der Waals surface area contributed by atoms with Crippen molar-refractivity contribution >= 4 is 33.8 Å². The van der Waals surface area contributed by atoms with Gasteiger partial charge in [-0.15, -0.1) is 0 Å². The molecule has 42 heavy (non-hydrogen) atoms. The van der Waals surface area contributed by atoms with Crippen LogP contribution in [0.15, 0.2) is 43.1 Å². The monoisotopic (exact) mass is 574 g/mol. The van der Waals surface area contributed by atoms with E-state index in [1.54, 1.807) is 6.33 Å². The number of amides is 1. The number of nitrogens with one attached hydrogen (secondary N) is 2. The SMILES string of the molecule is CN(C)CCn1cc(CCNc2ncnc3c2ncn3[C@@H]2O[C@H](C(=O)NC3CC3)[C@H]3OC(C)(C)O[C@H]32)c2ccccc21. The van der Waals surface area contributed by atoms with Crippen LogP contribution in [-0.2, 0) is 32.0 Å². The quantitative estimate of drug-likeness (QED) is 0.295. The number of aromatic nitrogens is 5. The number of benzene rings is 1. The summed E-state index contributed by atoms with van der Waals surface area (Å²) in [4.78, 5) is 28.9. The molecule has 1 aliphatic carbocycles. The number of rotatable bonds is 10. The summed E-state index contributed by atoms with van der Waals surface area (Å²) in [6, 6.07) is 8.76. The zero-order valence-corrected chi connectivity index (χ0v) is 24.5. The van der Waals surface area contributed by atoms with Crippen LogP contribution < -0.4 is 10.6 Å². The Morgan fingerprint density at radius 2 is 1.93 bits per heavy atom. The Bertz CT molecular complexity index is 1610. The Morgan fingerprint density at radius 3 is 2.74 bits per heavy atom. The fourth-order valence-electron chi connectivity index (χ4n) is 6.02. The van der Waals surface area contributed by atoms with Gasteiger partial charge in [-0.25, -0.2) is 15.0 Å². The van der Waals surface area contributed by atoms with Gasteiger partial charge in [-0.2, -0.15) is 0 Å². The van der Waals surface area contributed by atoms with Gasteiger partial charge >= 0.3 is 0 Å². The Labute approximate surface area is 244 Å². The van der Waals surface area contributed by atoms with E-state index in [9.17, 15) is 4.79 Å². The third kappa shape index (κ3) is 5.13. The number of likely N-dealkylation sites (N-methyl/N-ethyl adjacent to an activating group) is 1. The van der Waals surface area contributed by atoms with Gasteiger partial charge in [0.05, 0.1) is 6.33 Å². The molecule has 3 fully saturated rings. The summed E-state index contributed by atoms with van der Waals surface area (Å²) in [5.41, 5.74) is 3.77. The minimum atomic E-state index is -0.830. The molecule has 1 amide bonds. The molecule has 4 atom stereocenters. The molecule has 222 valence electrons. The second-order valence-electron chi connectivity index (χ2n) is 12.2. The molecule has 7 rings (SSSR count). The van der Waals surface area contributed by atoms with Crippen LogP contribution in [0, 0.1) is 0 Å². The maximum atomic E-state index is 13.0. The van der Waals surface area contributed by atoms with Crippen molar-refractivity contribution in [1.82, 2.24) is 34.3 Å². The third-order valence-electron chi connectivity index (χ3n) is 8.19. The first-order valence-corrected chi connectivity index (χ1v) is 14.7. The van der Waals surface area contributed by atoms with E-state index in [1.807, 2.05) is 18.4 Å². The second-order valence-corrected chi connectivity index (χ2v) is 12.2. The summed E-state index contributed by atoms with van der Waals surface area (Å²) in [6.07, 6.45) is 5.88. The molecule has 3 aliphatic rings. The standard InChI is InChI=1S/C30H38N8O4/c1-30(2)41-23-24(28(39)35-19-9-10-19)40-29(25(23)42-30)38-17-34-22-26(32-16-33-27(22)38)31-12-11-18-15-37(14-13-36(3)4)21-8-6-5-7-20(18)21/h5-8,15-17,19,23-25,29H,9-14H2,1-4H3,(H,35,39)(H,31,32,33)/t23-,24+,25-,29-/m1/s1. The number of hydrogen-bond acceptors (Lipinski definition) is 9. The Hall–Kier alpha value is -3.58. The summed E-state index contributed by atoms with van der Waals surface area (Å²) in [7, 11) is 4.19. The molecule has 2 N–H and O–H groups in total. The van der Waals surface area contributed by atoms with Crippen LogP contribution in [0.2, 0.25) is 0 Å². The minimum absolute atomic E-state index is 0.166. The molecule has 3 aromatic heterocycles. The lowest BCUT2D eigenvalue weighted by Crippen LogP contribution is -2.43. The summed E-state index contributed by atoms with van der Waals surface area (Å²) < 4.78 is 22.8. The summed E-state index contributed by atoms with van der Waals surface area (Å²) in [5, 5.41) is 7.79. The van der Waals surface area contributed by atoms with Gasteiger partial charge in [0.15, 0.2) is 35.1 Å². The highest BCUT2D eigenvalue weighted by atomic mass is 16.8. The zero-order chi connectivity index (χ0) is 29.0. The summed E-state index contributed by atoms with van der Waals surface area (Å²) in [6.45, 7) is 6.30. The van der Waals surface area contributed by atoms with Crippen molar-refractivity contribution in [3.8, 4) is 0 Å². The van der Waals surface area contributed by atoms with Crippen molar-refractivity contribution in [1.29, 1.82) is 0 Å². The number of ether oxygens (including phenoxy) is 3. The Kier molecular flexibility index (Phi) is 6.88. The topological polar surface area (TPSA) is 121 Å². The molecule has 12 heteroatoms. The molecule has 5 heterocycles.